The zero-order valence-electron chi connectivity index (χ0n) is 11.8. The van der Waals surface area contributed by atoms with Gasteiger partial charge >= 0.3 is 0 Å². The molecule has 2 nitrogen and oxygen atoms in total. The molecule has 1 aliphatic heterocycles. The molecule has 1 rings (SSSR count). The minimum absolute atomic E-state index is 0.646. The highest BCUT2D eigenvalue weighted by atomic mass is 15.2. The van der Waals surface area contributed by atoms with Crippen molar-refractivity contribution in [2.24, 2.45) is 5.92 Å². The Morgan fingerprint density at radius 1 is 1.25 bits per heavy atom. The van der Waals surface area contributed by atoms with Crippen LogP contribution in [0.2, 0.25) is 0 Å². The smallest absolute Gasteiger partial charge is 0.0217 e. The largest absolute Gasteiger partial charge is 0.315 e. The van der Waals surface area contributed by atoms with Gasteiger partial charge < -0.3 is 5.32 Å². The van der Waals surface area contributed by atoms with E-state index < -0.39 is 0 Å². The normalized spacial score (nSPS) is 31.3. The Hall–Kier alpha value is -0.0800. The summed E-state index contributed by atoms with van der Waals surface area (Å²) in [5.74, 6) is 0.770. The van der Waals surface area contributed by atoms with Gasteiger partial charge in [0, 0.05) is 24.7 Å². The Labute approximate surface area is 102 Å². The maximum Gasteiger partial charge on any atom is 0.0217 e. The van der Waals surface area contributed by atoms with E-state index in [9.17, 15) is 0 Å². The van der Waals surface area contributed by atoms with Gasteiger partial charge in [-0.15, -0.1) is 0 Å². The Balaban J connectivity index is 2.54. The lowest BCUT2D eigenvalue weighted by Crippen LogP contribution is -2.51. The first kappa shape index (κ1) is 14.0. The molecule has 1 fully saturated rings. The molecule has 0 amide bonds. The first-order chi connectivity index (χ1) is 7.60. The summed E-state index contributed by atoms with van der Waals surface area (Å²) in [7, 11) is 2.11. The van der Waals surface area contributed by atoms with Gasteiger partial charge in [-0.1, -0.05) is 26.7 Å². The number of piperidine rings is 1. The van der Waals surface area contributed by atoms with Gasteiger partial charge in [-0.05, 0) is 39.7 Å². The summed E-state index contributed by atoms with van der Waals surface area (Å²) in [4.78, 5) is 2.71. The van der Waals surface area contributed by atoms with Gasteiger partial charge in [-0.3, -0.25) is 4.90 Å². The third kappa shape index (κ3) is 3.46. The molecule has 0 bridgehead atoms. The van der Waals surface area contributed by atoms with Crippen LogP contribution in [-0.4, -0.2) is 36.6 Å². The minimum Gasteiger partial charge on any atom is -0.315 e. The summed E-state index contributed by atoms with van der Waals surface area (Å²) in [5, 5.41) is 3.50. The number of hydrogen-bond acceptors (Lipinski definition) is 2. The third-order valence-electron chi connectivity index (χ3n) is 4.49. The van der Waals surface area contributed by atoms with Crippen LogP contribution in [0.25, 0.3) is 0 Å². The predicted molar refractivity (Wildman–Crippen MR) is 71.8 cm³/mol. The molecule has 2 heteroatoms. The fourth-order valence-corrected chi connectivity index (χ4v) is 2.90. The maximum atomic E-state index is 3.50. The van der Waals surface area contributed by atoms with Crippen LogP contribution in [0.1, 0.15) is 53.4 Å². The molecule has 0 saturated carbocycles. The van der Waals surface area contributed by atoms with Crippen molar-refractivity contribution < 1.29 is 0 Å². The Morgan fingerprint density at radius 3 is 2.25 bits per heavy atom. The van der Waals surface area contributed by atoms with Crippen LogP contribution in [0.15, 0.2) is 0 Å². The second kappa shape index (κ2) is 6.61. The highest BCUT2D eigenvalue weighted by Crippen LogP contribution is 2.23. The van der Waals surface area contributed by atoms with E-state index in [4.69, 9.17) is 0 Å². The van der Waals surface area contributed by atoms with Crippen molar-refractivity contribution in [3.8, 4) is 0 Å². The van der Waals surface area contributed by atoms with E-state index in [0.717, 1.165) is 18.0 Å². The summed E-state index contributed by atoms with van der Waals surface area (Å²) < 4.78 is 0. The van der Waals surface area contributed by atoms with Crippen LogP contribution in [-0.2, 0) is 0 Å². The second-order valence-electron chi connectivity index (χ2n) is 5.61. The molecule has 0 aromatic carbocycles. The predicted octanol–water partition coefficient (Wildman–Crippen LogP) is 2.88. The van der Waals surface area contributed by atoms with Crippen molar-refractivity contribution in [1.82, 2.24) is 10.2 Å². The van der Waals surface area contributed by atoms with Crippen LogP contribution in [0.3, 0.4) is 0 Å². The molecule has 1 N–H and O–H groups in total. The van der Waals surface area contributed by atoms with E-state index in [1.165, 1.54) is 32.2 Å². The monoisotopic (exact) mass is 226 g/mol. The Kier molecular flexibility index (Phi) is 5.77. The van der Waals surface area contributed by atoms with Crippen molar-refractivity contribution >= 4 is 0 Å². The number of hydrogen-bond donors (Lipinski definition) is 1. The molecular weight excluding hydrogens is 196 g/mol. The summed E-state index contributed by atoms with van der Waals surface area (Å²) in [6.07, 6.45) is 5.43. The minimum atomic E-state index is 0.646. The fraction of sp³-hybridized carbons (Fsp3) is 1.00. The molecule has 1 aliphatic rings. The molecule has 16 heavy (non-hydrogen) atoms. The number of likely N-dealkylation sites (N-methyl/N-ethyl adjacent to an activating group) is 1. The number of likely N-dealkylation sites (tertiary alicyclic amines) is 1. The second-order valence-corrected chi connectivity index (χ2v) is 5.61. The average molecular weight is 226 g/mol. The van der Waals surface area contributed by atoms with Gasteiger partial charge in [0.15, 0.2) is 0 Å². The quantitative estimate of drug-likeness (QED) is 0.775. The topological polar surface area (TPSA) is 15.3 Å². The van der Waals surface area contributed by atoms with Crippen molar-refractivity contribution in [1.29, 1.82) is 0 Å². The van der Waals surface area contributed by atoms with Gasteiger partial charge in [0.25, 0.3) is 0 Å². The summed E-state index contributed by atoms with van der Waals surface area (Å²) in [6.45, 7) is 10.6. The SMILES string of the molecule is CCC(C)C(CN1C(C)CCCC1C)NC. The van der Waals surface area contributed by atoms with E-state index in [-0.39, 0.29) is 0 Å². The first-order valence-electron chi connectivity index (χ1n) is 7.03. The molecule has 96 valence electrons. The summed E-state index contributed by atoms with van der Waals surface area (Å²) >= 11 is 0. The van der Waals surface area contributed by atoms with Crippen molar-refractivity contribution in [2.75, 3.05) is 13.6 Å². The van der Waals surface area contributed by atoms with Crippen LogP contribution >= 0.6 is 0 Å². The summed E-state index contributed by atoms with van der Waals surface area (Å²) in [5.41, 5.74) is 0. The van der Waals surface area contributed by atoms with Gasteiger partial charge in [-0.25, -0.2) is 0 Å². The molecular formula is C14H30N2. The highest BCUT2D eigenvalue weighted by molar-refractivity contribution is 4.84. The molecule has 0 aliphatic carbocycles. The van der Waals surface area contributed by atoms with Crippen LogP contribution in [0.4, 0.5) is 0 Å². The number of nitrogens with zero attached hydrogens (tertiary/aromatic N) is 1. The zero-order valence-corrected chi connectivity index (χ0v) is 11.8. The molecule has 0 aromatic rings. The van der Waals surface area contributed by atoms with Gasteiger partial charge in [0.1, 0.15) is 0 Å². The molecule has 0 radical (unpaired) electrons. The highest BCUT2D eigenvalue weighted by Gasteiger charge is 2.27. The van der Waals surface area contributed by atoms with Crippen molar-refractivity contribution in [2.45, 2.75) is 71.5 Å². The lowest BCUT2D eigenvalue weighted by molar-refractivity contribution is 0.0830. The Morgan fingerprint density at radius 2 is 1.81 bits per heavy atom. The molecule has 1 saturated heterocycles. The van der Waals surface area contributed by atoms with Crippen LogP contribution < -0.4 is 5.32 Å². The lowest BCUT2D eigenvalue weighted by Gasteiger charge is -2.42. The number of rotatable bonds is 5. The van der Waals surface area contributed by atoms with Crippen molar-refractivity contribution in [3.63, 3.8) is 0 Å². The summed E-state index contributed by atoms with van der Waals surface area (Å²) in [6, 6.07) is 2.18. The van der Waals surface area contributed by atoms with E-state index in [1.54, 1.807) is 0 Å². The molecule has 4 atom stereocenters. The standard InChI is InChI=1S/C14H30N2/c1-6-11(2)14(15-5)10-16-12(3)8-7-9-13(16)4/h11-15H,6-10H2,1-5H3. The third-order valence-corrected chi connectivity index (χ3v) is 4.49. The van der Waals surface area contributed by atoms with Gasteiger partial charge in [-0.2, -0.15) is 0 Å². The molecule has 0 aromatic heterocycles. The first-order valence-corrected chi connectivity index (χ1v) is 7.03. The van der Waals surface area contributed by atoms with Crippen LogP contribution in [0.5, 0.6) is 0 Å². The van der Waals surface area contributed by atoms with E-state index in [0.29, 0.717) is 6.04 Å². The van der Waals surface area contributed by atoms with Gasteiger partial charge in [0.2, 0.25) is 0 Å². The van der Waals surface area contributed by atoms with Crippen LogP contribution in [0, 0.1) is 5.92 Å². The molecule has 0 spiro atoms. The Bertz CT molecular complexity index is 183. The molecule has 1 heterocycles. The molecule has 4 unspecified atom stereocenters. The van der Waals surface area contributed by atoms with E-state index in [2.05, 4.69) is 45.0 Å². The van der Waals surface area contributed by atoms with E-state index in [1.807, 2.05) is 0 Å². The average Bonchev–Trinajstić information content (AvgIpc) is 2.28. The maximum absolute atomic E-state index is 3.50. The fourth-order valence-electron chi connectivity index (χ4n) is 2.90. The van der Waals surface area contributed by atoms with E-state index >= 15 is 0 Å². The number of nitrogens with one attached hydrogen (secondary N) is 1. The lowest BCUT2D eigenvalue weighted by atomic mass is 9.93. The van der Waals surface area contributed by atoms with Crippen molar-refractivity contribution in [3.05, 3.63) is 0 Å². The zero-order chi connectivity index (χ0) is 12.1. The van der Waals surface area contributed by atoms with Gasteiger partial charge in [0.05, 0.1) is 0 Å².